The first-order chi connectivity index (χ1) is 14.6. The highest BCUT2D eigenvalue weighted by Gasteiger charge is 2.29. The molecule has 1 N–H and O–H groups in total. The summed E-state index contributed by atoms with van der Waals surface area (Å²) in [4.78, 5) is 31.9. The second-order valence-corrected chi connectivity index (χ2v) is 7.88. The minimum atomic E-state index is -0.245. The molecule has 1 aromatic heterocycles. The average molecular weight is 422 g/mol. The van der Waals surface area contributed by atoms with Gasteiger partial charge >= 0.3 is 0 Å². The third-order valence-corrected chi connectivity index (χ3v) is 5.89. The minimum Gasteiger partial charge on any atom is -0.482 e. The van der Waals surface area contributed by atoms with Crippen LogP contribution in [-0.4, -0.2) is 47.9 Å². The molecule has 0 atom stereocenters. The van der Waals surface area contributed by atoms with Crippen molar-refractivity contribution in [2.24, 2.45) is 0 Å². The quantitative estimate of drug-likeness (QED) is 0.698. The van der Waals surface area contributed by atoms with Crippen LogP contribution in [0, 0.1) is 0 Å². The zero-order valence-corrected chi connectivity index (χ0v) is 17.0. The Morgan fingerprint density at radius 3 is 2.90 bits per heavy atom. The molecule has 2 aromatic carbocycles. The van der Waals surface area contributed by atoms with Crippen LogP contribution in [0.1, 0.15) is 12.0 Å². The van der Waals surface area contributed by atoms with Crippen LogP contribution in [0.2, 0.25) is 5.02 Å². The molecule has 6 nitrogen and oxygen atoms in total. The molecule has 7 heteroatoms. The van der Waals surface area contributed by atoms with E-state index in [-0.39, 0.29) is 25.0 Å². The van der Waals surface area contributed by atoms with Crippen LogP contribution < -0.4 is 9.64 Å². The Balaban J connectivity index is 1.32. The summed E-state index contributed by atoms with van der Waals surface area (Å²) in [5.41, 5.74) is 4.06. The van der Waals surface area contributed by atoms with Crippen molar-refractivity contribution in [3.05, 3.63) is 65.3 Å². The summed E-state index contributed by atoms with van der Waals surface area (Å²) < 4.78 is 5.45. The fourth-order valence-corrected chi connectivity index (χ4v) is 4.23. The van der Waals surface area contributed by atoms with Gasteiger partial charge in [-0.05, 0) is 36.3 Å². The molecule has 2 amide bonds. The lowest BCUT2D eigenvalue weighted by atomic mass is 9.99. The summed E-state index contributed by atoms with van der Waals surface area (Å²) >= 11 is 6.08. The maximum Gasteiger partial charge on any atom is 0.265 e. The monoisotopic (exact) mass is 421 g/mol. The summed E-state index contributed by atoms with van der Waals surface area (Å²) in [6.45, 7) is 1.04. The first-order valence-corrected chi connectivity index (χ1v) is 10.2. The minimum absolute atomic E-state index is 0.0220. The van der Waals surface area contributed by atoms with Gasteiger partial charge in [-0.1, -0.05) is 35.9 Å². The Morgan fingerprint density at radius 1 is 1.20 bits per heavy atom. The van der Waals surface area contributed by atoms with Crippen LogP contribution >= 0.6 is 11.6 Å². The molecular formula is C23H20ClN3O3. The number of carbonyl (C=O) groups is 2. The highest BCUT2D eigenvalue weighted by molar-refractivity contribution is 6.31. The number of aromatic amines is 1. The third kappa shape index (κ3) is 3.33. The first-order valence-electron chi connectivity index (χ1n) is 9.86. The Hall–Kier alpha value is -3.25. The van der Waals surface area contributed by atoms with Gasteiger partial charge in [0, 0.05) is 40.8 Å². The number of nitrogens with zero attached hydrogens (tertiary/aromatic N) is 2. The summed E-state index contributed by atoms with van der Waals surface area (Å²) in [5.74, 6) is 0.225. The molecule has 0 saturated carbocycles. The van der Waals surface area contributed by atoms with E-state index in [9.17, 15) is 9.59 Å². The molecule has 152 valence electrons. The number of halogens is 1. The highest BCUT2D eigenvalue weighted by Crippen LogP contribution is 2.34. The number of amides is 2. The van der Waals surface area contributed by atoms with Gasteiger partial charge in [-0.2, -0.15) is 0 Å². The lowest BCUT2D eigenvalue weighted by Gasteiger charge is -2.32. The molecule has 3 aromatic rings. The van der Waals surface area contributed by atoms with Crippen LogP contribution in [0.5, 0.6) is 5.75 Å². The maximum absolute atomic E-state index is 12.9. The fraction of sp³-hybridized carbons (Fsp3) is 0.217. The molecule has 0 bridgehead atoms. The molecule has 3 heterocycles. The number of hydrogen-bond acceptors (Lipinski definition) is 3. The topological polar surface area (TPSA) is 65.6 Å². The van der Waals surface area contributed by atoms with Crippen molar-refractivity contribution in [1.29, 1.82) is 0 Å². The van der Waals surface area contributed by atoms with Gasteiger partial charge in [0.1, 0.15) is 12.3 Å². The van der Waals surface area contributed by atoms with Gasteiger partial charge in [-0.3, -0.25) is 14.5 Å². The van der Waals surface area contributed by atoms with E-state index < -0.39 is 0 Å². The third-order valence-electron chi connectivity index (χ3n) is 5.65. The molecule has 0 aliphatic carbocycles. The van der Waals surface area contributed by atoms with Gasteiger partial charge in [0.05, 0.1) is 5.69 Å². The molecule has 0 radical (unpaired) electrons. The lowest BCUT2D eigenvalue weighted by Crippen LogP contribution is -2.47. The smallest absolute Gasteiger partial charge is 0.265 e. The summed E-state index contributed by atoms with van der Waals surface area (Å²) in [5, 5.41) is 1.68. The molecule has 30 heavy (non-hydrogen) atoms. The number of para-hydroxylation sites is 1. The van der Waals surface area contributed by atoms with Crippen molar-refractivity contribution in [2.45, 2.75) is 6.42 Å². The van der Waals surface area contributed by atoms with E-state index in [2.05, 4.69) is 23.2 Å². The number of hydrogen-bond donors (Lipinski definition) is 1. The Bertz CT molecular complexity index is 1180. The van der Waals surface area contributed by atoms with Crippen molar-refractivity contribution in [1.82, 2.24) is 9.88 Å². The normalized spacial score (nSPS) is 16.3. The van der Waals surface area contributed by atoms with Gasteiger partial charge < -0.3 is 14.6 Å². The second kappa shape index (κ2) is 7.54. The van der Waals surface area contributed by atoms with E-state index in [1.165, 1.54) is 21.4 Å². The summed E-state index contributed by atoms with van der Waals surface area (Å²) in [6.07, 6.45) is 4.90. The zero-order chi connectivity index (χ0) is 20.7. The summed E-state index contributed by atoms with van der Waals surface area (Å²) in [6, 6.07) is 13.3. The van der Waals surface area contributed by atoms with E-state index >= 15 is 0 Å². The standard InChI is InChI=1S/C23H20ClN3O3/c24-16-5-6-21-20(11-16)27(23(29)14-30-21)13-22(28)26-9-7-15(8-10-26)18-12-25-19-4-2-1-3-17(18)19/h1-7,11-12,25H,8-10,13-14H2. The Morgan fingerprint density at radius 2 is 2.07 bits per heavy atom. The molecule has 2 aliphatic rings. The molecule has 0 fully saturated rings. The second-order valence-electron chi connectivity index (χ2n) is 7.45. The van der Waals surface area contributed by atoms with Gasteiger partial charge in [0.15, 0.2) is 6.61 Å². The zero-order valence-electron chi connectivity index (χ0n) is 16.2. The SMILES string of the molecule is O=C(CN1C(=O)COc2ccc(Cl)cc21)N1CC=C(c2c[nH]c3ccccc23)CC1. The average Bonchev–Trinajstić information content (AvgIpc) is 3.20. The van der Waals surface area contributed by atoms with Gasteiger partial charge in [0.2, 0.25) is 5.91 Å². The summed E-state index contributed by atoms with van der Waals surface area (Å²) in [7, 11) is 0. The number of aromatic nitrogens is 1. The lowest BCUT2D eigenvalue weighted by molar-refractivity contribution is -0.131. The Labute approximate surface area is 178 Å². The first kappa shape index (κ1) is 18.8. The van der Waals surface area contributed by atoms with Crippen molar-refractivity contribution >= 4 is 45.6 Å². The number of benzene rings is 2. The van der Waals surface area contributed by atoms with Gasteiger partial charge in [-0.15, -0.1) is 0 Å². The number of fused-ring (bicyclic) bond motifs is 2. The van der Waals surface area contributed by atoms with E-state index in [4.69, 9.17) is 16.3 Å². The van der Waals surface area contributed by atoms with E-state index in [1.807, 2.05) is 18.3 Å². The van der Waals surface area contributed by atoms with Crippen molar-refractivity contribution in [3.63, 3.8) is 0 Å². The van der Waals surface area contributed by atoms with Crippen LogP contribution in [0.25, 0.3) is 16.5 Å². The largest absolute Gasteiger partial charge is 0.482 e. The fourth-order valence-electron chi connectivity index (χ4n) is 4.06. The van der Waals surface area contributed by atoms with Crippen LogP contribution in [0.3, 0.4) is 0 Å². The van der Waals surface area contributed by atoms with Crippen LogP contribution in [-0.2, 0) is 9.59 Å². The van der Waals surface area contributed by atoms with Gasteiger partial charge in [0.25, 0.3) is 5.91 Å². The van der Waals surface area contributed by atoms with E-state index in [0.717, 1.165) is 11.9 Å². The number of ether oxygens (including phenoxy) is 1. The molecule has 5 rings (SSSR count). The molecular weight excluding hydrogens is 402 g/mol. The Kier molecular flexibility index (Phi) is 4.71. The van der Waals surface area contributed by atoms with E-state index in [0.29, 0.717) is 29.5 Å². The number of anilines is 1. The van der Waals surface area contributed by atoms with Crippen molar-refractivity contribution in [3.8, 4) is 5.75 Å². The van der Waals surface area contributed by atoms with Crippen molar-refractivity contribution in [2.75, 3.05) is 31.1 Å². The molecule has 0 unspecified atom stereocenters. The number of rotatable bonds is 3. The number of carbonyl (C=O) groups excluding carboxylic acids is 2. The predicted molar refractivity (Wildman–Crippen MR) is 117 cm³/mol. The van der Waals surface area contributed by atoms with Gasteiger partial charge in [-0.25, -0.2) is 0 Å². The predicted octanol–water partition coefficient (Wildman–Crippen LogP) is 3.86. The molecule has 2 aliphatic heterocycles. The van der Waals surface area contributed by atoms with E-state index in [1.54, 1.807) is 23.1 Å². The van der Waals surface area contributed by atoms with Crippen molar-refractivity contribution < 1.29 is 14.3 Å². The molecule has 0 spiro atoms. The van der Waals surface area contributed by atoms with Crippen LogP contribution in [0.4, 0.5) is 5.69 Å². The van der Waals surface area contributed by atoms with Crippen LogP contribution in [0.15, 0.2) is 54.7 Å². The number of H-pyrrole nitrogens is 1. The molecule has 0 saturated heterocycles. The maximum atomic E-state index is 12.9. The number of nitrogens with one attached hydrogen (secondary N) is 1. The highest BCUT2D eigenvalue weighted by atomic mass is 35.5.